The van der Waals surface area contributed by atoms with Gasteiger partial charge in [0.2, 0.25) is 5.91 Å². The highest BCUT2D eigenvalue weighted by atomic mass is 16.2. The number of likely N-dealkylation sites (N-methyl/N-ethyl adjacent to an activating group) is 1. The highest BCUT2D eigenvalue weighted by molar-refractivity contribution is 5.98. The van der Waals surface area contributed by atoms with Gasteiger partial charge in [0.15, 0.2) is 0 Å². The first-order chi connectivity index (χ1) is 11.5. The minimum atomic E-state index is -0.106. The molecule has 0 saturated carbocycles. The molecule has 6 heteroatoms. The predicted octanol–water partition coefficient (Wildman–Crippen LogP) is 1.41. The number of aromatic amines is 1. The monoisotopic (exact) mass is 328 g/mol. The lowest BCUT2D eigenvalue weighted by Gasteiger charge is -2.38. The lowest BCUT2D eigenvalue weighted by atomic mass is 9.99. The summed E-state index contributed by atoms with van der Waals surface area (Å²) in [5.41, 5.74) is 2.70. The minimum Gasteiger partial charge on any atom is -0.351 e. The fraction of sp³-hybridized carbons (Fsp3) is 0.444. The number of carbonyl (C=O) groups is 2. The standard InChI is InChI=1S/C18H24N4O2/c1-11-4-5-14-13(8-11)9-16(20-14)18(24)21-15-6-7-22(12(2)23)10-17(15)19-3/h4-5,8-9,15,17,19-20H,6-7,10H2,1-3H3,(H,21,24)/t15-,17+/m0/s1. The molecular weight excluding hydrogens is 304 g/mol. The van der Waals surface area contributed by atoms with Gasteiger partial charge in [0, 0.05) is 43.0 Å². The Hall–Kier alpha value is -2.34. The summed E-state index contributed by atoms with van der Waals surface area (Å²) in [5.74, 6) is -0.0311. The van der Waals surface area contributed by atoms with Crippen LogP contribution in [0.4, 0.5) is 0 Å². The van der Waals surface area contributed by atoms with Gasteiger partial charge in [0.05, 0.1) is 0 Å². The smallest absolute Gasteiger partial charge is 0.268 e. The summed E-state index contributed by atoms with van der Waals surface area (Å²) in [5, 5.41) is 7.35. The van der Waals surface area contributed by atoms with E-state index in [4.69, 9.17) is 0 Å². The topological polar surface area (TPSA) is 77.2 Å². The van der Waals surface area contributed by atoms with E-state index < -0.39 is 0 Å². The first kappa shape index (κ1) is 16.5. The Bertz CT molecular complexity index is 767. The fourth-order valence-corrected chi connectivity index (χ4v) is 3.32. The molecule has 2 heterocycles. The summed E-state index contributed by atoms with van der Waals surface area (Å²) >= 11 is 0. The molecule has 2 amide bonds. The number of hydrogen-bond acceptors (Lipinski definition) is 3. The van der Waals surface area contributed by atoms with Crippen LogP contribution in [0, 0.1) is 6.92 Å². The second-order valence-corrected chi connectivity index (χ2v) is 6.50. The molecule has 1 fully saturated rings. The number of carbonyl (C=O) groups excluding carboxylic acids is 2. The Labute approximate surface area is 141 Å². The third kappa shape index (κ3) is 3.28. The fourth-order valence-electron chi connectivity index (χ4n) is 3.32. The maximum absolute atomic E-state index is 12.6. The molecule has 128 valence electrons. The van der Waals surface area contributed by atoms with Gasteiger partial charge in [-0.1, -0.05) is 11.6 Å². The van der Waals surface area contributed by atoms with Crippen LogP contribution in [0.2, 0.25) is 0 Å². The van der Waals surface area contributed by atoms with Crippen LogP contribution in [-0.4, -0.2) is 53.9 Å². The Morgan fingerprint density at radius 2 is 2.04 bits per heavy atom. The van der Waals surface area contributed by atoms with E-state index in [0.29, 0.717) is 18.8 Å². The van der Waals surface area contributed by atoms with Gasteiger partial charge in [0.25, 0.3) is 5.91 Å². The minimum absolute atomic E-state index is 0.00579. The average Bonchev–Trinajstić information content (AvgIpc) is 2.98. The Balaban J connectivity index is 1.72. The number of aromatic nitrogens is 1. The van der Waals surface area contributed by atoms with Gasteiger partial charge < -0.3 is 20.5 Å². The van der Waals surface area contributed by atoms with Crippen LogP contribution in [0.5, 0.6) is 0 Å². The van der Waals surface area contributed by atoms with E-state index in [1.807, 2.05) is 37.1 Å². The van der Waals surface area contributed by atoms with Crippen molar-refractivity contribution >= 4 is 22.7 Å². The van der Waals surface area contributed by atoms with Crippen LogP contribution in [0.3, 0.4) is 0 Å². The molecular formula is C18H24N4O2. The van der Waals surface area contributed by atoms with Crippen molar-refractivity contribution in [1.29, 1.82) is 0 Å². The number of fused-ring (bicyclic) bond motifs is 1. The molecule has 2 atom stereocenters. The molecule has 3 rings (SSSR count). The highest BCUT2D eigenvalue weighted by Gasteiger charge is 2.30. The van der Waals surface area contributed by atoms with Crippen molar-refractivity contribution < 1.29 is 9.59 Å². The van der Waals surface area contributed by atoms with Gasteiger partial charge in [-0.25, -0.2) is 0 Å². The maximum Gasteiger partial charge on any atom is 0.268 e. The zero-order chi connectivity index (χ0) is 17.3. The number of amides is 2. The third-order valence-electron chi connectivity index (χ3n) is 4.77. The highest BCUT2D eigenvalue weighted by Crippen LogP contribution is 2.18. The molecule has 0 aliphatic carbocycles. The van der Waals surface area contributed by atoms with Gasteiger partial charge in [0.1, 0.15) is 5.69 Å². The number of benzene rings is 1. The van der Waals surface area contributed by atoms with Crippen LogP contribution >= 0.6 is 0 Å². The molecule has 0 unspecified atom stereocenters. The van der Waals surface area contributed by atoms with E-state index in [1.165, 1.54) is 5.56 Å². The van der Waals surface area contributed by atoms with Crippen molar-refractivity contribution in [3.8, 4) is 0 Å². The van der Waals surface area contributed by atoms with E-state index in [9.17, 15) is 9.59 Å². The second kappa shape index (κ2) is 6.65. The average molecular weight is 328 g/mol. The third-order valence-corrected chi connectivity index (χ3v) is 4.77. The van der Waals surface area contributed by atoms with Crippen LogP contribution in [-0.2, 0) is 4.79 Å². The molecule has 1 aromatic heterocycles. The lowest BCUT2D eigenvalue weighted by Crippen LogP contribution is -2.59. The number of nitrogens with one attached hydrogen (secondary N) is 3. The molecule has 1 aliphatic heterocycles. The summed E-state index contributed by atoms with van der Waals surface area (Å²) in [6.45, 7) is 4.90. The number of H-pyrrole nitrogens is 1. The number of hydrogen-bond donors (Lipinski definition) is 3. The first-order valence-electron chi connectivity index (χ1n) is 8.31. The predicted molar refractivity (Wildman–Crippen MR) is 94.0 cm³/mol. The molecule has 3 N–H and O–H groups in total. The zero-order valence-electron chi connectivity index (χ0n) is 14.3. The van der Waals surface area contributed by atoms with Gasteiger partial charge in [-0.15, -0.1) is 0 Å². The van der Waals surface area contributed by atoms with Crippen molar-refractivity contribution in [3.63, 3.8) is 0 Å². The van der Waals surface area contributed by atoms with E-state index in [0.717, 1.165) is 17.3 Å². The van der Waals surface area contributed by atoms with Crippen molar-refractivity contribution in [3.05, 3.63) is 35.5 Å². The normalized spacial score (nSPS) is 21.0. The molecule has 1 aliphatic rings. The summed E-state index contributed by atoms with van der Waals surface area (Å²) in [6.07, 6.45) is 0.746. The van der Waals surface area contributed by atoms with Crippen LogP contribution in [0.15, 0.2) is 24.3 Å². The largest absolute Gasteiger partial charge is 0.351 e. The SMILES string of the molecule is CN[C@@H]1CN(C(C)=O)CC[C@@H]1NC(=O)c1cc2cc(C)ccc2[nH]1. The number of rotatable bonds is 3. The van der Waals surface area contributed by atoms with E-state index in [1.54, 1.807) is 6.92 Å². The van der Waals surface area contributed by atoms with Gasteiger partial charge in [-0.3, -0.25) is 9.59 Å². The van der Waals surface area contributed by atoms with E-state index in [2.05, 4.69) is 21.7 Å². The van der Waals surface area contributed by atoms with E-state index >= 15 is 0 Å². The molecule has 1 saturated heterocycles. The molecule has 2 aromatic rings. The molecule has 1 aromatic carbocycles. The first-order valence-corrected chi connectivity index (χ1v) is 8.31. The molecule has 24 heavy (non-hydrogen) atoms. The van der Waals surface area contributed by atoms with E-state index in [-0.39, 0.29) is 23.9 Å². The molecule has 0 radical (unpaired) electrons. The summed E-state index contributed by atoms with van der Waals surface area (Å²) in [6, 6.07) is 8.02. The summed E-state index contributed by atoms with van der Waals surface area (Å²) < 4.78 is 0. The lowest BCUT2D eigenvalue weighted by molar-refractivity contribution is -0.130. The molecule has 6 nitrogen and oxygen atoms in total. The van der Waals surface area contributed by atoms with Gasteiger partial charge >= 0.3 is 0 Å². The number of likely N-dealkylation sites (tertiary alicyclic amines) is 1. The maximum atomic E-state index is 12.6. The Morgan fingerprint density at radius 1 is 1.25 bits per heavy atom. The van der Waals surface area contributed by atoms with Crippen LogP contribution < -0.4 is 10.6 Å². The quantitative estimate of drug-likeness (QED) is 0.797. The number of piperidine rings is 1. The Morgan fingerprint density at radius 3 is 2.75 bits per heavy atom. The zero-order valence-corrected chi connectivity index (χ0v) is 14.3. The summed E-state index contributed by atoms with van der Waals surface area (Å²) in [4.78, 5) is 29.1. The summed E-state index contributed by atoms with van der Waals surface area (Å²) in [7, 11) is 1.86. The second-order valence-electron chi connectivity index (χ2n) is 6.50. The van der Waals surface area contributed by atoms with Gasteiger partial charge in [-0.2, -0.15) is 0 Å². The Kier molecular flexibility index (Phi) is 4.57. The van der Waals surface area contributed by atoms with Crippen molar-refractivity contribution in [2.24, 2.45) is 0 Å². The molecule has 0 bridgehead atoms. The van der Waals surface area contributed by atoms with Crippen LogP contribution in [0.1, 0.15) is 29.4 Å². The van der Waals surface area contributed by atoms with Crippen molar-refractivity contribution in [2.75, 3.05) is 20.1 Å². The number of aryl methyl sites for hydroxylation is 1. The van der Waals surface area contributed by atoms with Gasteiger partial charge in [-0.05, 0) is 38.6 Å². The van der Waals surface area contributed by atoms with Crippen LogP contribution in [0.25, 0.3) is 10.9 Å². The van der Waals surface area contributed by atoms with Crippen molar-refractivity contribution in [1.82, 2.24) is 20.5 Å². The van der Waals surface area contributed by atoms with Crippen molar-refractivity contribution in [2.45, 2.75) is 32.4 Å². The molecule has 0 spiro atoms. The number of nitrogens with zero attached hydrogens (tertiary/aromatic N) is 1.